The summed E-state index contributed by atoms with van der Waals surface area (Å²) in [6.07, 6.45) is 4.34. The van der Waals surface area contributed by atoms with Crippen molar-refractivity contribution < 1.29 is 0 Å². The fourth-order valence-corrected chi connectivity index (χ4v) is 11.7. The average molecular weight is 454 g/mol. The van der Waals surface area contributed by atoms with E-state index in [-0.39, 0.29) is 0 Å². The Morgan fingerprint density at radius 2 is 1.64 bits per heavy atom. The number of fused-ring (bicyclic) bond motifs is 1. The topological polar surface area (TPSA) is 12.9 Å². The van der Waals surface area contributed by atoms with Gasteiger partial charge in [-0.1, -0.05) is 59.2 Å². The number of aromatic nitrogens is 1. The lowest BCUT2D eigenvalue weighted by molar-refractivity contribution is 1.46. The van der Waals surface area contributed by atoms with Crippen LogP contribution in [0.3, 0.4) is 0 Å². The first-order chi connectivity index (χ1) is 12.3. The number of nitrogens with zero attached hydrogens (tertiary/aromatic N) is 1. The molecule has 0 saturated carbocycles. The molecule has 3 aliphatic heterocycles. The third-order valence-electron chi connectivity index (χ3n) is 3.45. The van der Waals surface area contributed by atoms with Crippen LogP contribution in [0.2, 0.25) is 0 Å². The van der Waals surface area contributed by atoms with Crippen LogP contribution in [0, 0.1) is 0 Å². The molecule has 0 atom stereocenters. The van der Waals surface area contributed by atoms with Crippen LogP contribution in [-0.2, 0) is 0 Å². The molecule has 0 unspecified atom stereocenters. The normalized spacial score (nSPS) is 20.9. The summed E-state index contributed by atoms with van der Waals surface area (Å²) in [7, 11) is 0. The molecule has 1 aromatic carbocycles. The molecule has 1 nitrogen and oxygen atoms in total. The Labute approximate surface area is 176 Å². The predicted octanol–water partition coefficient (Wildman–Crippen LogP) is 7.84. The van der Waals surface area contributed by atoms with Crippen molar-refractivity contribution in [1.82, 2.24) is 4.98 Å². The summed E-state index contributed by atoms with van der Waals surface area (Å²) in [5.74, 6) is 2.49. The van der Waals surface area contributed by atoms with Crippen LogP contribution in [0.15, 0.2) is 57.6 Å². The molecule has 4 heterocycles. The number of benzene rings is 1. The number of hydrogen-bond donors (Lipinski definition) is 0. The monoisotopic (exact) mass is 453 g/mol. The number of allylic oxidation sites excluding steroid dienone is 1. The Morgan fingerprint density at radius 3 is 2.44 bits per heavy atom. The zero-order valence-corrected chi connectivity index (χ0v) is 18.5. The van der Waals surface area contributed by atoms with Crippen LogP contribution in [0.1, 0.15) is 5.01 Å². The zero-order chi connectivity index (χ0) is 16.6. The van der Waals surface area contributed by atoms with Gasteiger partial charge in [0, 0.05) is 16.4 Å². The van der Waals surface area contributed by atoms with Gasteiger partial charge >= 0.3 is 0 Å². The van der Waals surface area contributed by atoms with E-state index in [1.54, 1.807) is 11.3 Å². The number of rotatable bonds is 2. The number of thiazole rings is 1. The third kappa shape index (κ3) is 3.77. The van der Waals surface area contributed by atoms with Crippen LogP contribution in [0.4, 0.5) is 0 Å². The lowest BCUT2D eigenvalue weighted by Crippen LogP contribution is -1.88. The Morgan fingerprint density at radius 1 is 0.840 bits per heavy atom. The van der Waals surface area contributed by atoms with E-state index >= 15 is 0 Å². The maximum atomic E-state index is 4.68. The quantitative estimate of drug-likeness (QED) is 0.453. The second-order valence-electron chi connectivity index (χ2n) is 5.14. The van der Waals surface area contributed by atoms with Gasteiger partial charge in [-0.2, -0.15) is 0 Å². The highest BCUT2D eigenvalue weighted by molar-refractivity contribution is 8.43. The summed E-state index contributed by atoms with van der Waals surface area (Å²) < 4.78 is 7.17. The molecular weight excluding hydrogens is 443 g/mol. The Kier molecular flexibility index (Phi) is 5.29. The molecule has 2 aromatic rings. The molecule has 0 bridgehead atoms. The van der Waals surface area contributed by atoms with Gasteiger partial charge < -0.3 is 0 Å². The van der Waals surface area contributed by atoms with Gasteiger partial charge in [-0.15, -0.1) is 34.9 Å². The van der Waals surface area contributed by atoms with Crippen LogP contribution >= 0.6 is 81.9 Å². The first kappa shape index (κ1) is 17.3. The van der Waals surface area contributed by atoms with Crippen molar-refractivity contribution in [3.05, 3.63) is 62.6 Å². The maximum absolute atomic E-state index is 4.68. The highest BCUT2D eigenvalue weighted by Crippen LogP contribution is 2.63. The van der Waals surface area contributed by atoms with Crippen molar-refractivity contribution >= 4 is 98.2 Å². The van der Waals surface area contributed by atoms with Gasteiger partial charge in [-0.3, -0.25) is 0 Å². The highest BCUT2D eigenvalue weighted by atomic mass is 32.3. The molecule has 8 heteroatoms. The molecule has 0 spiro atoms. The number of hydrogen-bond acceptors (Lipinski definition) is 8. The van der Waals surface area contributed by atoms with Crippen LogP contribution in [0.25, 0.3) is 16.3 Å². The van der Waals surface area contributed by atoms with E-state index in [9.17, 15) is 0 Å². The molecule has 3 aliphatic rings. The van der Waals surface area contributed by atoms with Gasteiger partial charge in [0.15, 0.2) is 0 Å². The largest absolute Gasteiger partial charge is 0.237 e. The summed E-state index contributed by atoms with van der Waals surface area (Å²) >= 11 is 13.5. The molecule has 126 valence electrons. The fraction of sp³-hybridized carbons (Fsp3) is 0.118. The Balaban J connectivity index is 1.28. The van der Waals surface area contributed by atoms with Crippen molar-refractivity contribution in [3.8, 4) is 0 Å². The van der Waals surface area contributed by atoms with Crippen LogP contribution < -0.4 is 0 Å². The Bertz CT molecular complexity index is 913. The zero-order valence-electron chi connectivity index (χ0n) is 12.8. The minimum Gasteiger partial charge on any atom is -0.237 e. The summed E-state index contributed by atoms with van der Waals surface area (Å²) in [6, 6.07) is 8.32. The van der Waals surface area contributed by atoms with Crippen molar-refractivity contribution in [3.63, 3.8) is 0 Å². The van der Waals surface area contributed by atoms with Gasteiger partial charge in [-0.05, 0) is 29.7 Å². The molecule has 0 fully saturated rings. The third-order valence-corrected chi connectivity index (χ3v) is 13.1. The first-order valence-electron chi connectivity index (χ1n) is 7.53. The lowest BCUT2D eigenvalue weighted by atomic mass is 10.3. The highest BCUT2D eigenvalue weighted by Gasteiger charge is 2.28. The molecule has 1 aromatic heterocycles. The summed E-state index contributed by atoms with van der Waals surface area (Å²) in [5, 5.41) is 3.33. The van der Waals surface area contributed by atoms with E-state index in [4.69, 9.17) is 0 Å². The van der Waals surface area contributed by atoms with E-state index in [0.717, 1.165) is 10.5 Å². The van der Waals surface area contributed by atoms with Crippen molar-refractivity contribution in [2.45, 2.75) is 0 Å². The average Bonchev–Trinajstić information content (AvgIpc) is 3.36. The van der Waals surface area contributed by atoms with Crippen LogP contribution in [0.5, 0.6) is 0 Å². The molecule has 0 N–H and O–H groups in total. The molecule has 0 aliphatic carbocycles. The van der Waals surface area contributed by atoms with Gasteiger partial charge in [0.1, 0.15) is 5.01 Å². The van der Waals surface area contributed by atoms with Crippen molar-refractivity contribution in [1.29, 1.82) is 0 Å². The van der Waals surface area contributed by atoms with Crippen LogP contribution in [-0.4, -0.2) is 16.5 Å². The van der Waals surface area contributed by atoms with Crippen molar-refractivity contribution in [2.75, 3.05) is 11.5 Å². The standard InChI is InChI=1S/C17H11NS7/c1-2-4-12-11(3-1)18-13(23-12)6-5-10-9-21-16(22-10)17-24-14-15(25-17)20-8-7-19-14/h1-6,9H,7-8H2/b6-5+. The van der Waals surface area contributed by atoms with E-state index in [1.807, 2.05) is 76.6 Å². The van der Waals surface area contributed by atoms with Gasteiger partial charge in [0.2, 0.25) is 0 Å². The SMILES string of the molecule is C1=C(/C=C/c2nc3ccccc3s2)SC(=C2SC3=C(SCCS3)S2)S1. The minimum atomic E-state index is 1.07. The second-order valence-corrected chi connectivity index (χ2v) is 13.5. The second kappa shape index (κ2) is 7.66. The van der Waals surface area contributed by atoms with Gasteiger partial charge in [0.25, 0.3) is 0 Å². The molecule has 5 rings (SSSR count). The van der Waals surface area contributed by atoms with E-state index < -0.39 is 0 Å². The number of para-hydroxylation sites is 1. The Hall–Kier alpha value is 0.170. The number of thioether (sulfide) groups is 6. The smallest absolute Gasteiger partial charge is 0.117 e. The lowest BCUT2D eigenvalue weighted by Gasteiger charge is -2.08. The fourth-order valence-electron chi connectivity index (χ4n) is 2.35. The first-order valence-corrected chi connectivity index (χ1v) is 13.6. The molecule has 0 saturated heterocycles. The van der Waals surface area contributed by atoms with E-state index in [1.165, 1.54) is 38.1 Å². The molecule has 25 heavy (non-hydrogen) atoms. The van der Waals surface area contributed by atoms with E-state index in [2.05, 4.69) is 40.7 Å². The van der Waals surface area contributed by atoms with E-state index in [0.29, 0.717) is 0 Å². The minimum absolute atomic E-state index is 1.07. The summed E-state index contributed by atoms with van der Waals surface area (Å²) in [6.45, 7) is 0. The molecule has 0 radical (unpaired) electrons. The summed E-state index contributed by atoms with van der Waals surface area (Å²) in [4.78, 5) is 5.98. The molecular formula is C17H11NS7. The van der Waals surface area contributed by atoms with Gasteiger partial charge in [0.05, 0.1) is 27.2 Å². The predicted molar refractivity (Wildman–Crippen MR) is 126 cm³/mol. The van der Waals surface area contributed by atoms with Gasteiger partial charge in [-0.25, -0.2) is 4.98 Å². The van der Waals surface area contributed by atoms with Crippen molar-refractivity contribution in [2.24, 2.45) is 0 Å². The summed E-state index contributed by atoms with van der Waals surface area (Å²) in [5.41, 5.74) is 1.09. The molecule has 0 amide bonds. The maximum Gasteiger partial charge on any atom is 0.117 e.